The lowest BCUT2D eigenvalue weighted by atomic mass is 10.1. The molecule has 4 rings (SSSR count). The minimum absolute atomic E-state index is 0.0335. The first-order valence-electron chi connectivity index (χ1n) is 7.80. The highest BCUT2D eigenvalue weighted by Crippen LogP contribution is 2.40. The van der Waals surface area contributed by atoms with Crippen LogP contribution in [0.15, 0.2) is 29.7 Å². The summed E-state index contributed by atoms with van der Waals surface area (Å²) in [4.78, 5) is 19.8. The third-order valence-corrected chi connectivity index (χ3v) is 4.81. The number of halogens is 1. The Bertz CT molecular complexity index is 680. The highest BCUT2D eigenvalue weighted by Gasteiger charge is 2.49. The molecular formula is C15H17ClN4O3. The van der Waals surface area contributed by atoms with Crippen molar-refractivity contribution < 1.29 is 9.66 Å². The van der Waals surface area contributed by atoms with Crippen LogP contribution in [0.1, 0.15) is 25.0 Å². The summed E-state index contributed by atoms with van der Waals surface area (Å²) in [6.45, 7) is 2.09. The van der Waals surface area contributed by atoms with Gasteiger partial charge in [0, 0.05) is 13.1 Å². The SMILES string of the molecule is O=[N+]([O-])C1=C2N(Cc3cccc(Cl)n3)CCCN2C2CCC1O2. The lowest BCUT2D eigenvalue weighted by molar-refractivity contribution is -0.445. The van der Waals surface area contributed by atoms with E-state index in [1.807, 2.05) is 17.0 Å². The molecule has 0 saturated carbocycles. The van der Waals surface area contributed by atoms with Crippen molar-refractivity contribution >= 4 is 11.6 Å². The third kappa shape index (κ3) is 2.53. The fourth-order valence-corrected chi connectivity index (χ4v) is 3.88. The highest BCUT2D eigenvalue weighted by molar-refractivity contribution is 6.29. The van der Waals surface area contributed by atoms with Crippen LogP contribution in [-0.4, -0.2) is 45.1 Å². The summed E-state index contributed by atoms with van der Waals surface area (Å²) < 4.78 is 5.82. The first-order chi connectivity index (χ1) is 11.1. The van der Waals surface area contributed by atoms with E-state index in [-0.39, 0.29) is 16.8 Å². The second kappa shape index (κ2) is 5.65. The minimum atomic E-state index is -0.394. The van der Waals surface area contributed by atoms with Gasteiger partial charge in [0.25, 0.3) is 0 Å². The average Bonchev–Trinajstić information content (AvgIpc) is 2.92. The number of rotatable bonds is 3. The molecular weight excluding hydrogens is 320 g/mol. The van der Waals surface area contributed by atoms with E-state index in [0.717, 1.165) is 31.6 Å². The first-order valence-corrected chi connectivity index (χ1v) is 8.18. The fraction of sp³-hybridized carbons (Fsp3) is 0.533. The molecule has 0 aromatic carbocycles. The number of ether oxygens (including phenoxy) is 1. The largest absolute Gasteiger partial charge is 0.347 e. The van der Waals surface area contributed by atoms with E-state index in [4.69, 9.17) is 16.3 Å². The molecule has 3 aliphatic heterocycles. The second-order valence-electron chi connectivity index (χ2n) is 6.04. The fourth-order valence-electron chi connectivity index (χ4n) is 3.70. The Morgan fingerprint density at radius 1 is 1.39 bits per heavy atom. The van der Waals surface area contributed by atoms with E-state index < -0.39 is 6.10 Å². The van der Waals surface area contributed by atoms with Crippen LogP contribution in [0.4, 0.5) is 0 Å². The van der Waals surface area contributed by atoms with Crippen molar-refractivity contribution in [2.75, 3.05) is 13.1 Å². The summed E-state index contributed by atoms with van der Waals surface area (Å²) in [6.07, 6.45) is 2.07. The van der Waals surface area contributed by atoms with E-state index in [9.17, 15) is 10.1 Å². The summed E-state index contributed by atoms with van der Waals surface area (Å²) >= 11 is 5.96. The van der Waals surface area contributed by atoms with E-state index in [0.29, 0.717) is 23.9 Å². The van der Waals surface area contributed by atoms with Crippen LogP contribution in [0.25, 0.3) is 0 Å². The van der Waals surface area contributed by atoms with Crippen LogP contribution >= 0.6 is 11.6 Å². The van der Waals surface area contributed by atoms with Crippen LogP contribution in [0, 0.1) is 10.1 Å². The van der Waals surface area contributed by atoms with Crippen molar-refractivity contribution in [3.63, 3.8) is 0 Å². The van der Waals surface area contributed by atoms with Crippen LogP contribution in [-0.2, 0) is 11.3 Å². The van der Waals surface area contributed by atoms with Crippen molar-refractivity contribution in [3.8, 4) is 0 Å². The summed E-state index contributed by atoms with van der Waals surface area (Å²) in [5.41, 5.74) is 1.01. The molecule has 4 heterocycles. The van der Waals surface area contributed by atoms with E-state index >= 15 is 0 Å². The van der Waals surface area contributed by atoms with Gasteiger partial charge in [0.2, 0.25) is 0 Å². The van der Waals surface area contributed by atoms with Crippen molar-refractivity contribution in [2.45, 2.75) is 38.1 Å². The Kier molecular flexibility index (Phi) is 3.61. The lowest BCUT2D eigenvalue weighted by Crippen LogP contribution is -2.51. The zero-order valence-corrected chi connectivity index (χ0v) is 13.3. The predicted molar refractivity (Wildman–Crippen MR) is 82.9 cm³/mol. The monoisotopic (exact) mass is 336 g/mol. The minimum Gasteiger partial charge on any atom is -0.347 e. The van der Waals surface area contributed by atoms with Crippen LogP contribution in [0.5, 0.6) is 0 Å². The molecule has 2 unspecified atom stereocenters. The van der Waals surface area contributed by atoms with Gasteiger partial charge >= 0.3 is 5.70 Å². The molecule has 2 fully saturated rings. The molecule has 0 N–H and O–H groups in total. The first kappa shape index (κ1) is 14.7. The van der Waals surface area contributed by atoms with E-state index in [1.54, 1.807) is 6.07 Å². The smallest absolute Gasteiger partial charge is 0.314 e. The maximum Gasteiger partial charge on any atom is 0.314 e. The third-order valence-electron chi connectivity index (χ3n) is 4.60. The number of pyridine rings is 1. The molecule has 122 valence electrons. The van der Waals surface area contributed by atoms with Crippen molar-refractivity contribution in [3.05, 3.63) is 50.7 Å². The normalized spacial score (nSPS) is 26.5. The quantitative estimate of drug-likeness (QED) is 0.479. The van der Waals surface area contributed by atoms with Gasteiger partial charge in [-0.05, 0) is 31.4 Å². The summed E-state index contributed by atoms with van der Waals surface area (Å²) in [5.74, 6) is 0.710. The Labute approximate surface area is 138 Å². The zero-order valence-electron chi connectivity index (χ0n) is 12.5. The predicted octanol–water partition coefficient (Wildman–Crippen LogP) is 2.21. The maximum atomic E-state index is 11.6. The Balaban J connectivity index is 1.71. The second-order valence-corrected chi connectivity index (χ2v) is 6.43. The van der Waals surface area contributed by atoms with Gasteiger partial charge in [0.1, 0.15) is 11.4 Å². The Hall–Kier alpha value is -1.86. The number of hydrogen-bond donors (Lipinski definition) is 0. The molecule has 7 nitrogen and oxygen atoms in total. The molecule has 2 saturated heterocycles. The maximum absolute atomic E-state index is 11.6. The van der Waals surface area contributed by atoms with Crippen molar-refractivity contribution in [1.29, 1.82) is 0 Å². The van der Waals surface area contributed by atoms with Gasteiger partial charge in [-0.15, -0.1) is 0 Å². The molecule has 23 heavy (non-hydrogen) atoms. The van der Waals surface area contributed by atoms with Crippen molar-refractivity contribution in [1.82, 2.24) is 14.8 Å². The molecule has 0 aliphatic carbocycles. The number of nitro groups is 1. The van der Waals surface area contributed by atoms with Gasteiger partial charge in [0.05, 0.1) is 17.2 Å². The molecule has 8 heteroatoms. The van der Waals surface area contributed by atoms with Gasteiger partial charge < -0.3 is 14.5 Å². The summed E-state index contributed by atoms with van der Waals surface area (Å²) in [6, 6.07) is 5.47. The highest BCUT2D eigenvalue weighted by atomic mass is 35.5. The average molecular weight is 337 g/mol. The molecule has 0 spiro atoms. The number of nitrogens with zero attached hydrogens (tertiary/aromatic N) is 4. The van der Waals surface area contributed by atoms with Gasteiger partial charge in [-0.2, -0.15) is 0 Å². The van der Waals surface area contributed by atoms with Crippen LogP contribution < -0.4 is 0 Å². The van der Waals surface area contributed by atoms with Crippen LogP contribution in [0.3, 0.4) is 0 Å². The number of hydrogen-bond acceptors (Lipinski definition) is 6. The number of aromatic nitrogens is 1. The van der Waals surface area contributed by atoms with Crippen LogP contribution in [0.2, 0.25) is 5.15 Å². The van der Waals surface area contributed by atoms with Gasteiger partial charge in [-0.3, -0.25) is 10.1 Å². The number of fused-ring (bicyclic) bond motifs is 4. The standard InChI is InChI=1S/C15H17ClN4O3/c16-12-4-1-3-10(17-12)9-18-7-2-8-19-13-6-5-11(23-13)14(15(18)19)20(21)22/h1,3-4,11,13H,2,5-9H2. The van der Waals surface area contributed by atoms with Gasteiger partial charge in [-0.25, -0.2) is 4.98 Å². The summed E-state index contributed by atoms with van der Waals surface area (Å²) in [5, 5.41) is 12.1. The van der Waals surface area contributed by atoms with E-state index in [1.165, 1.54) is 0 Å². The molecule has 0 radical (unpaired) electrons. The molecule has 3 aliphatic rings. The van der Waals surface area contributed by atoms with Gasteiger partial charge in [-0.1, -0.05) is 17.7 Å². The van der Waals surface area contributed by atoms with Crippen molar-refractivity contribution in [2.24, 2.45) is 0 Å². The molecule has 0 amide bonds. The molecule has 1 aromatic heterocycles. The zero-order chi connectivity index (χ0) is 16.0. The lowest BCUT2D eigenvalue weighted by Gasteiger charge is -2.44. The van der Waals surface area contributed by atoms with E-state index in [2.05, 4.69) is 9.88 Å². The van der Waals surface area contributed by atoms with Gasteiger partial charge in [0.15, 0.2) is 11.9 Å². The Morgan fingerprint density at radius 3 is 3.04 bits per heavy atom. The summed E-state index contributed by atoms with van der Waals surface area (Å²) in [7, 11) is 0. The molecule has 2 bridgehead atoms. The molecule has 2 atom stereocenters. The topological polar surface area (TPSA) is 71.7 Å². The molecule has 1 aromatic rings. The Morgan fingerprint density at radius 2 is 2.26 bits per heavy atom.